The molecule has 0 radical (unpaired) electrons. The third kappa shape index (κ3) is 3.33. The molecule has 0 atom stereocenters. The topological polar surface area (TPSA) is 93.6 Å². The number of hydrogen-bond acceptors (Lipinski definition) is 3. The van der Waals surface area contributed by atoms with E-state index in [1.54, 1.807) is 30.3 Å². The Balaban J connectivity index is 1.95. The summed E-state index contributed by atoms with van der Waals surface area (Å²) in [5.41, 5.74) is 2.11. The molecule has 0 aliphatic rings. The van der Waals surface area contributed by atoms with Crippen molar-refractivity contribution in [2.45, 2.75) is 13.3 Å². The Morgan fingerprint density at radius 1 is 1.37 bits per heavy atom. The van der Waals surface area contributed by atoms with Gasteiger partial charge in [-0.05, 0) is 30.7 Å². The molecule has 19 heavy (non-hydrogen) atoms. The Hall–Kier alpha value is -2.81. The second kappa shape index (κ2) is 5.69. The number of aryl methyl sites for hydroxylation is 1. The van der Waals surface area contributed by atoms with Gasteiger partial charge in [-0.15, -0.1) is 0 Å². The fraction of sp³-hybridized carbons (Fsp3) is 0.154. The number of H-pyrrole nitrogens is 1. The molecule has 96 valence electrons. The first-order chi connectivity index (χ1) is 9.21. The summed E-state index contributed by atoms with van der Waals surface area (Å²) in [6.45, 7) is 1.99. The second-order valence-electron chi connectivity index (χ2n) is 3.90. The van der Waals surface area contributed by atoms with Crippen molar-refractivity contribution in [3.05, 3.63) is 41.6 Å². The first-order valence-corrected chi connectivity index (χ1v) is 5.83. The predicted octanol–water partition coefficient (Wildman–Crippen LogP) is 2.49. The number of rotatable bonds is 3. The molecule has 1 aromatic heterocycles. The lowest BCUT2D eigenvalue weighted by Gasteiger charge is -2.05. The molecule has 3 N–H and O–H groups in total. The number of nitrogens with zero attached hydrogens (tertiary/aromatic N) is 2. The quantitative estimate of drug-likeness (QED) is 0.786. The summed E-state index contributed by atoms with van der Waals surface area (Å²) in [5, 5.41) is 20.7. The molecule has 6 heteroatoms. The number of carbonyl (C=O) groups is 1. The molecule has 0 aliphatic heterocycles. The van der Waals surface area contributed by atoms with Crippen LogP contribution in [0.4, 0.5) is 16.3 Å². The van der Waals surface area contributed by atoms with Crippen LogP contribution < -0.4 is 10.6 Å². The van der Waals surface area contributed by atoms with E-state index in [2.05, 4.69) is 20.8 Å². The van der Waals surface area contributed by atoms with Crippen molar-refractivity contribution >= 4 is 17.5 Å². The maximum atomic E-state index is 11.7. The zero-order chi connectivity index (χ0) is 13.7. The third-order valence-electron chi connectivity index (χ3n) is 2.53. The van der Waals surface area contributed by atoms with E-state index in [0.717, 1.165) is 12.1 Å². The van der Waals surface area contributed by atoms with Crippen molar-refractivity contribution in [3.8, 4) is 6.07 Å². The van der Waals surface area contributed by atoms with Gasteiger partial charge in [-0.1, -0.05) is 6.92 Å². The summed E-state index contributed by atoms with van der Waals surface area (Å²) in [4.78, 5) is 11.7. The Bertz CT molecular complexity index is 609. The van der Waals surface area contributed by atoms with Crippen molar-refractivity contribution in [2.75, 3.05) is 10.6 Å². The van der Waals surface area contributed by atoms with Gasteiger partial charge in [0.1, 0.15) is 0 Å². The Kier molecular flexibility index (Phi) is 3.78. The van der Waals surface area contributed by atoms with Crippen molar-refractivity contribution in [3.63, 3.8) is 0 Å². The molecule has 0 fully saturated rings. The van der Waals surface area contributed by atoms with Gasteiger partial charge in [-0.3, -0.25) is 10.4 Å². The highest BCUT2D eigenvalue weighted by Crippen LogP contribution is 2.10. The van der Waals surface area contributed by atoms with Gasteiger partial charge >= 0.3 is 6.03 Å². The number of carbonyl (C=O) groups excluding carboxylic acids is 1. The monoisotopic (exact) mass is 255 g/mol. The van der Waals surface area contributed by atoms with Gasteiger partial charge in [0, 0.05) is 17.4 Å². The standard InChI is InChI=1S/C13H13N5O/c1-2-10-7-12(18-17-10)16-13(19)15-11-5-3-9(8-14)4-6-11/h3-7H,2H2,1H3,(H3,15,16,17,18,19). The fourth-order valence-corrected chi connectivity index (χ4v) is 1.51. The van der Waals surface area contributed by atoms with Crippen LogP contribution in [0.5, 0.6) is 0 Å². The molecular weight excluding hydrogens is 242 g/mol. The number of urea groups is 1. The molecule has 0 bridgehead atoms. The van der Waals surface area contributed by atoms with Gasteiger partial charge in [0.15, 0.2) is 5.82 Å². The number of nitriles is 1. The Labute approximate surface area is 110 Å². The minimum absolute atomic E-state index is 0.376. The molecule has 1 heterocycles. The van der Waals surface area contributed by atoms with Gasteiger partial charge in [-0.2, -0.15) is 10.4 Å². The van der Waals surface area contributed by atoms with Gasteiger partial charge < -0.3 is 5.32 Å². The zero-order valence-corrected chi connectivity index (χ0v) is 10.4. The summed E-state index contributed by atoms with van der Waals surface area (Å²) in [6.07, 6.45) is 0.825. The van der Waals surface area contributed by atoms with E-state index >= 15 is 0 Å². The number of aromatic nitrogens is 2. The molecule has 0 unspecified atom stereocenters. The van der Waals surface area contributed by atoms with E-state index < -0.39 is 0 Å². The Morgan fingerprint density at radius 3 is 2.68 bits per heavy atom. The van der Waals surface area contributed by atoms with E-state index in [9.17, 15) is 4.79 Å². The minimum Gasteiger partial charge on any atom is -0.308 e. The van der Waals surface area contributed by atoms with Crippen LogP contribution in [0.15, 0.2) is 30.3 Å². The molecule has 2 amide bonds. The first-order valence-electron chi connectivity index (χ1n) is 5.83. The number of aromatic amines is 1. The van der Waals surface area contributed by atoms with Crippen LogP contribution in [0.2, 0.25) is 0 Å². The maximum absolute atomic E-state index is 11.7. The lowest BCUT2D eigenvalue weighted by molar-refractivity contribution is 0.262. The number of amides is 2. The number of nitrogens with one attached hydrogen (secondary N) is 3. The summed E-state index contributed by atoms with van der Waals surface area (Å²) in [5.74, 6) is 0.475. The van der Waals surface area contributed by atoms with Crippen LogP contribution in [-0.2, 0) is 6.42 Å². The number of benzene rings is 1. The number of hydrogen-bond donors (Lipinski definition) is 3. The van der Waals surface area contributed by atoms with Crippen LogP contribution in [0.25, 0.3) is 0 Å². The Morgan fingerprint density at radius 2 is 2.11 bits per heavy atom. The third-order valence-corrected chi connectivity index (χ3v) is 2.53. The smallest absolute Gasteiger partial charge is 0.308 e. The highest BCUT2D eigenvalue weighted by Gasteiger charge is 2.05. The molecule has 0 spiro atoms. The van der Waals surface area contributed by atoms with Gasteiger partial charge in [-0.25, -0.2) is 4.79 Å². The van der Waals surface area contributed by atoms with Crippen LogP contribution in [0.3, 0.4) is 0 Å². The average molecular weight is 255 g/mol. The van der Waals surface area contributed by atoms with Crippen molar-refractivity contribution < 1.29 is 4.79 Å². The lowest BCUT2D eigenvalue weighted by atomic mass is 10.2. The molecule has 1 aromatic carbocycles. The highest BCUT2D eigenvalue weighted by atomic mass is 16.2. The number of anilines is 2. The van der Waals surface area contributed by atoms with Crippen molar-refractivity contribution in [1.29, 1.82) is 5.26 Å². The minimum atomic E-state index is -0.376. The van der Waals surface area contributed by atoms with Crippen molar-refractivity contribution in [1.82, 2.24) is 10.2 Å². The van der Waals surface area contributed by atoms with E-state index in [-0.39, 0.29) is 6.03 Å². The summed E-state index contributed by atoms with van der Waals surface area (Å²) >= 11 is 0. The van der Waals surface area contributed by atoms with E-state index in [1.165, 1.54) is 0 Å². The van der Waals surface area contributed by atoms with Crippen molar-refractivity contribution in [2.24, 2.45) is 0 Å². The van der Waals surface area contributed by atoms with Crippen LogP contribution >= 0.6 is 0 Å². The summed E-state index contributed by atoms with van der Waals surface area (Å²) in [6, 6.07) is 10.0. The molecule has 0 aliphatic carbocycles. The molecule has 2 aromatic rings. The highest BCUT2D eigenvalue weighted by molar-refractivity contribution is 5.99. The second-order valence-corrected chi connectivity index (χ2v) is 3.90. The predicted molar refractivity (Wildman–Crippen MR) is 71.8 cm³/mol. The van der Waals surface area contributed by atoms with Crippen LogP contribution in [-0.4, -0.2) is 16.2 Å². The molecule has 0 saturated heterocycles. The molecular formula is C13H13N5O. The fourth-order valence-electron chi connectivity index (χ4n) is 1.51. The molecule has 6 nitrogen and oxygen atoms in total. The summed E-state index contributed by atoms with van der Waals surface area (Å²) in [7, 11) is 0. The normalized spacial score (nSPS) is 9.68. The van der Waals surface area contributed by atoms with Crippen LogP contribution in [0.1, 0.15) is 18.2 Å². The van der Waals surface area contributed by atoms with Gasteiger partial charge in [0.2, 0.25) is 0 Å². The lowest BCUT2D eigenvalue weighted by Crippen LogP contribution is -2.19. The SMILES string of the molecule is CCc1cc(NC(=O)Nc2ccc(C#N)cc2)n[nH]1. The van der Waals surface area contributed by atoms with Gasteiger partial charge in [0.05, 0.1) is 11.6 Å². The van der Waals surface area contributed by atoms with E-state index in [4.69, 9.17) is 5.26 Å². The maximum Gasteiger partial charge on any atom is 0.324 e. The van der Waals surface area contributed by atoms with E-state index in [0.29, 0.717) is 17.1 Å². The van der Waals surface area contributed by atoms with Crippen LogP contribution in [0, 0.1) is 11.3 Å². The molecule has 2 rings (SSSR count). The van der Waals surface area contributed by atoms with Gasteiger partial charge in [0.25, 0.3) is 0 Å². The largest absolute Gasteiger partial charge is 0.324 e. The first kappa shape index (κ1) is 12.6. The summed E-state index contributed by atoms with van der Waals surface area (Å²) < 4.78 is 0. The zero-order valence-electron chi connectivity index (χ0n) is 10.4. The average Bonchev–Trinajstić information content (AvgIpc) is 2.87. The molecule has 0 saturated carbocycles. The van der Waals surface area contributed by atoms with E-state index in [1.807, 2.05) is 13.0 Å².